The summed E-state index contributed by atoms with van der Waals surface area (Å²) in [5, 5.41) is 13.9. The van der Waals surface area contributed by atoms with Crippen molar-refractivity contribution < 1.29 is 9.90 Å². The molecule has 2 bridgehead atoms. The standard InChI is InChI=1S/C20H24N2O2/c23-16(24)14-12-18-6-3-10-22-11-9-19(17(18)22)13-4-1-2-5-15(13)21-20(14,19)8-7-18/h1-2,4-5,14,17,21H,3,6-12H2,(H,23,24)/t14?,17-,18+,19?,20+/m0/s1. The Morgan fingerprint density at radius 1 is 1.17 bits per heavy atom. The molecular formula is C20H24N2O2. The van der Waals surface area contributed by atoms with Crippen LogP contribution in [-0.4, -0.2) is 40.6 Å². The number of nitrogens with one attached hydrogen (secondary N) is 1. The van der Waals surface area contributed by atoms with E-state index in [4.69, 9.17) is 0 Å². The van der Waals surface area contributed by atoms with Gasteiger partial charge >= 0.3 is 5.97 Å². The number of para-hydroxylation sites is 1. The third-order valence-electron chi connectivity index (χ3n) is 8.41. The number of nitrogens with zero attached hydrogens (tertiary/aromatic N) is 1. The maximum Gasteiger partial charge on any atom is 0.308 e. The summed E-state index contributed by atoms with van der Waals surface area (Å²) in [6.45, 7) is 2.33. The molecule has 2 unspecified atom stereocenters. The molecule has 24 heavy (non-hydrogen) atoms. The molecule has 6 aliphatic rings. The van der Waals surface area contributed by atoms with Crippen molar-refractivity contribution in [1.29, 1.82) is 0 Å². The summed E-state index contributed by atoms with van der Waals surface area (Å²) < 4.78 is 0. The smallest absolute Gasteiger partial charge is 0.308 e. The molecule has 2 saturated heterocycles. The monoisotopic (exact) mass is 324 g/mol. The Kier molecular flexibility index (Phi) is 2.28. The van der Waals surface area contributed by atoms with Gasteiger partial charge in [0, 0.05) is 17.1 Å². The molecule has 1 aromatic carbocycles. The van der Waals surface area contributed by atoms with Gasteiger partial charge in [-0.1, -0.05) is 18.2 Å². The van der Waals surface area contributed by atoms with Gasteiger partial charge in [-0.2, -0.15) is 0 Å². The fourth-order valence-electron chi connectivity index (χ4n) is 7.90. The van der Waals surface area contributed by atoms with Gasteiger partial charge in [0.15, 0.2) is 0 Å². The number of carboxylic acid groups (broad SMARTS) is 1. The lowest BCUT2D eigenvalue weighted by molar-refractivity contribution is -0.168. The lowest BCUT2D eigenvalue weighted by atomic mass is 9.39. The zero-order chi connectivity index (χ0) is 16.2. The summed E-state index contributed by atoms with van der Waals surface area (Å²) in [6.07, 6.45) is 6.65. The second-order valence-electron chi connectivity index (χ2n) is 8.86. The van der Waals surface area contributed by atoms with Crippen LogP contribution in [0.25, 0.3) is 0 Å². The van der Waals surface area contributed by atoms with E-state index in [9.17, 15) is 9.90 Å². The van der Waals surface area contributed by atoms with E-state index in [2.05, 4.69) is 34.5 Å². The number of rotatable bonds is 1. The number of benzene rings is 1. The summed E-state index contributed by atoms with van der Waals surface area (Å²) in [6, 6.07) is 9.22. The van der Waals surface area contributed by atoms with Crippen LogP contribution in [0.4, 0.5) is 5.69 Å². The SMILES string of the molecule is O=C(O)C1C[C@@]23CCCN4CCC5(c6ccccc6N[C@]15CC2)[C@@H]43. The first kappa shape index (κ1) is 13.7. The van der Waals surface area contributed by atoms with Gasteiger partial charge in [-0.15, -0.1) is 0 Å². The Balaban J connectivity index is 1.67. The number of aliphatic carboxylic acids is 1. The number of fused-ring (bicyclic) bond motifs is 3. The highest BCUT2D eigenvalue weighted by molar-refractivity contribution is 5.79. The van der Waals surface area contributed by atoms with Crippen molar-refractivity contribution in [2.24, 2.45) is 11.3 Å². The average Bonchev–Trinajstić information content (AvgIpc) is 3.13. The third-order valence-corrected chi connectivity index (χ3v) is 8.41. The summed E-state index contributed by atoms with van der Waals surface area (Å²) in [7, 11) is 0. The Morgan fingerprint density at radius 2 is 2.04 bits per heavy atom. The minimum atomic E-state index is -0.587. The maximum atomic E-state index is 12.3. The van der Waals surface area contributed by atoms with Crippen LogP contribution in [-0.2, 0) is 10.2 Å². The molecule has 3 saturated carbocycles. The van der Waals surface area contributed by atoms with Gasteiger partial charge < -0.3 is 10.4 Å². The van der Waals surface area contributed by atoms with Crippen LogP contribution < -0.4 is 5.32 Å². The van der Waals surface area contributed by atoms with Crippen molar-refractivity contribution in [2.75, 3.05) is 18.4 Å². The topological polar surface area (TPSA) is 52.6 Å². The van der Waals surface area contributed by atoms with Gasteiger partial charge in [0.2, 0.25) is 0 Å². The van der Waals surface area contributed by atoms with Gasteiger partial charge in [0.05, 0.1) is 11.5 Å². The third kappa shape index (κ3) is 1.20. The second-order valence-corrected chi connectivity index (χ2v) is 8.86. The van der Waals surface area contributed by atoms with Crippen LogP contribution in [0.1, 0.15) is 44.1 Å². The van der Waals surface area contributed by atoms with E-state index in [-0.39, 0.29) is 22.3 Å². The lowest BCUT2D eigenvalue weighted by Gasteiger charge is -2.68. The number of hydrogen-bond acceptors (Lipinski definition) is 3. The van der Waals surface area contributed by atoms with Gasteiger partial charge in [0.25, 0.3) is 0 Å². The molecule has 5 fully saturated rings. The number of carboxylic acids is 1. The van der Waals surface area contributed by atoms with Crippen LogP contribution in [0.15, 0.2) is 24.3 Å². The summed E-state index contributed by atoms with van der Waals surface area (Å²) >= 11 is 0. The molecule has 0 radical (unpaired) electrons. The maximum absolute atomic E-state index is 12.3. The minimum absolute atomic E-state index is 0.00354. The van der Waals surface area contributed by atoms with Crippen molar-refractivity contribution in [3.05, 3.63) is 29.8 Å². The molecule has 3 heterocycles. The van der Waals surface area contributed by atoms with Gasteiger partial charge in [-0.3, -0.25) is 9.69 Å². The molecule has 1 aromatic rings. The number of anilines is 1. The fraction of sp³-hybridized carbons (Fsp3) is 0.650. The molecule has 0 amide bonds. The van der Waals surface area contributed by atoms with Crippen LogP contribution in [0.5, 0.6) is 0 Å². The van der Waals surface area contributed by atoms with E-state index in [0.29, 0.717) is 6.04 Å². The lowest BCUT2D eigenvalue weighted by Crippen LogP contribution is -2.76. The van der Waals surface area contributed by atoms with Crippen molar-refractivity contribution >= 4 is 11.7 Å². The summed E-state index contributed by atoms with van der Waals surface area (Å²) in [5.41, 5.74) is 2.56. The van der Waals surface area contributed by atoms with Crippen molar-refractivity contribution in [1.82, 2.24) is 4.90 Å². The highest BCUT2D eigenvalue weighted by atomic mass is 16.4. The molecule has 0 aromatic heterocycles. The first-order valence-electron chi connectivity index (χ1n) is 9.48. The molecule has 126 valence electrons. The normalized spacial score (nSPS) is 47.7. The zero-order valence-electron chi connectivity index (χ0n) is 13.9. The van der Waals surface area contributed by atoms with Crippen LogP contribution in [0, 0.1) is 11.3 Å². The molecule has 3 spiro atoms. The van der Waals surface area contributed by atoms with E-state index in [1.54, 1.807) is 0 Å². The van der Waals surface area contributed by atoms with Crippen molar-refractivity contribution in [2.45, 2.75) is 55.5 Å². The first-order valence-corrected chi connectivity index (χ1v) is 9.48. The molecule has 3 aliphatic carbocycles. The predicted octanol–water partition coefficient (Wildman–Crippen LogP) is 2.84. The average molecular weight is 324 g/mol. The Hall–Kier alpha value is -1.55. The van der Waals surface area contributed by atoms with Crippen molar-refractivity contribution in [3.63, 3.8) is 0 Å². The molecule has 4 nitrogen and oxygen atoms in total. The fourth-order valence-corrected chi connectivity index (χ4v) is 7.90. The molecule has 5 atom stereocenters. The second kappa shape index (κ2) is 3.98. The molecule has 4 heteroatoms. The van der Waals surface area contributed by atoms with Gasteiger partial charge in [0.1, 0.15) is 0 Å². The quantitative estimate of drug-likeness (QED) is 0.834. The number of piperidine rings is 1. The molecule has 2 N–H and O–H groups in total. The van der Waals surface area contributed by atoms with E-state index in [1.165, 1.54) is 37.1 Å². The van der Waals surface area contributed by atoms with Crippen molar-refractivity contribution in [3.8, 4) is 0 Å². The highest BCUT2D eigenvalue weighted by Crippen LogP contribution is 2.74. The predicted molar refractivity (Wildman–Crippen MR) is 91.1 cm³/mol. The van der Waals surface area contributed by atoms with E-state index < -0.39 is 5.97 Å². The van der Waals surface area contributed by atoms with E-state index in [0.717, 1.165) is 25.8 Å². The first-order chi connectivity index (χ1) is 11.6. The minimum Gasteiger partial charge on any atom is -0.481 e. The van der Waals surface area contributed by atoms with Crippen LogP contribution in [0.2, 0.25) is 0 Å². The number of carbonyl (C=O) groups is 1. The number of hydrogen-bond donors (Lipinski definition) is 2. The summed E-state index contributed by atoms with van der Waals surface area (Å²) in [5.74, 6) is -0.843. The van der Waals surface area contributed by atoms with Gasteiger partial charge in [-0.25, -0.2) is 0 Å². The molecular weight excluding hydrogens is 300 g/mol. The van der Waals surface area contributed by atoms with Crippen LogP contribution in [0.3, 0.4) is 0 Å². The Morgan fingerprint density at radius 3 is 2.92 bits per heavy atom. The highest BCUT2D eigenvalue weighted by Gasteiger charge is 2.78. The zero-order valence-corrected chi connectivity index (χ0v) is 13.9. The molecule has 7 rings (SSSR count). The Labute approximate surface area is 142 Å². The van der Waals surface area contributed by atoms with Crippen LogP contribution >= 0.6 is 0 Å². The Bertz CT molecular complexity index is 764. The van der Waals surface area contributed by atoms with Gasteiger partial charge in [-0.05, 0) is 68.7 Å². The largest absolute Gasteiger partial charge is 0.481 e. The van der Waals surface area contributed by atoms with E-state index >= 15 is 0 Å². The summed E-state index contributed by atoms with van der Waals surface area (Å²) in [4.78, 5) is 15.0. The van der Waals surface area contributed by atoms with E-state index in [1.807, 2.05) is 0 Å². The molecule has 3 aliphatic heterocycles.